The summed E-state index contributed by atoms with van der Waals surface area (Å²) < 4.78 is 18.0. The first-order chi connectivity index (χ1) is 9.51. The van der Waals surface area contributed by atoms with Crippen LogP contribution in [0.1, 0.15) is 43.5 Å². The molecule has 0 aliphatic heterocycles. The van der Waals surface area contributed by atoms with Crippen molar-refractivity contribution in [1.82, 2.24) is 0 Å². The minimum atomic E-state index is -0.510. The van der Waals surface area contributed by atoms with Gasteiger partial charge in [-0.25, -0.2) is 9.18 Å². The third-order valence-electron chi connectivity index (χ3n) is 4.34. The Hall–Kier alpha value is -1.58. The number of carbonyl (C=O) groups is 1. The zero-order chi connectivity index (χ0) is 14.7. The Labute approximate surface area is 119 Å². The molecule has 20 heavy (non-hydrogen) atoms. The van der Waals surface area contributed by atoms with E-state index in [9.17, 15) is 9.18 Å². The fourth-order valence-corrected chi connectivity index (χ4v) is 2.82. The van der Waals surface area contributed by atoms with E-state index >= 15 is 0 Å². The van der Waals surface area contributed by atoms with Crippen LogP contribution >= 0.6 is 0 Å². The summed E-state index contributed by atoms with van der Waals surface area (Å²) >= 11 is 0. The van der Waals surface area contributed by atoms with E-state index < -0.39 is 11.8 Å². The molecule has 110 valence electrons. The molecule has 4 heteroatoms. The van der Waals surface area contributed by atoms with E-state index in [1.807, 2.05) is 0 Å². The zero-order valence-corrected chi connectivity index (χ0v) is 12.3. The van der Waals surface area contributed by atoms with Crippen LogP contribution in [-0.2, 0) is 4.74 Å². The average molecular weight is 279 g/mol. The minimum Gasteiger partial charge on any atom is -0.465 e. The molecule has 3 nitrogen and oxygen atoms in total. The van der Waals surface area contributed by atoms with E-state index in [2.05, 4.69) is 19.2 Å². The summed E-state index contributed by atoms with van der Waals surface area (Å²) in [4.78, 5) is 11.7. The molecule has 1 aromatic carbocycles. The maximum atomic E-state index is 13.3. The Kier molecular flexibility index (Phi) is 4.63. The molecule has 0 radical (unpaired) electrons. The largest absolute Gasteiger partial charge is 0.465 e. The smallest absolute Gasteiger partial charge is 0.340 e. The van der Waals surface area contributed by atoms with Gasteiger partial charge < -0.3 is 10.1 Å². The fourth-order valence-electron chi connectivity index (χ4n) is 2.82. The van der Waals surface area contributed by atoms with Gasteiger partial charge in [0.1, 0.15) is 5.82 Å². The molecule has 1 aromatic rings. The molecule has 1 saturated carbocycles. The molecule has 1 fully saturated rings. The summed E-state index contributed by atoms with van der Waals surface area (Å²) in [6, 6.07) is 4.53. The molecule has 0 aromatic heterocycles. The van der Waals surface area contributed by atoms with E-state index in [-0.39, 0.29) is 5.56 Å². The van der Waals surface area contributed by atoms with Crippen LogP contribution < -0.4 is 5.32 Å². The van der Waals surface area contributed by atoms with Crippen molar-refractivity contribution in [2.24, 2.45) is 11.8 Å². The molecular formula is C16H22FNO2. The molecule has 0 heterocycles. The average Bonchev–Trinajstić information content (AvgIpc) is 2.44. The van der Waals surface area contributed by atoms with Gasteiger partial charge in [-0.3, -0.25) is 0 Å². The van der Waals surface area contributed by atoms with E-state index in [0.717, 1.165) is 18.8 Å². The standard InChI is InChI=1S/C16H22FNO2/c1-10-4-6-13(8-11(10)2)18-15-7-5-12(17)9-14(15)16(19)20-3/h5,7,9-11,13,18H,4,6,8H2,1-3H3. The second kappa shape index (κ2) is 6.25. The van der Waals surface area contributed by atoms with Gasteiger partial charge in [0.25, 0.3) is 0 Å². The number of halogens is 1. The Balaban J connectivity index is 2.15. The van der Waals surface area contributed by atoms with E-state index in [1.165, 1.54) is 25.7 Å². The zero-order valence-electron chi connectivity index (χ0n) is 12.3. The lowest BCUT2D eigenvalue weighted by Gasteiger charge is -2.33. The van der Waals surface area contributed by atoms with Gasteiger partial charge in [0.15, 0.2) is 0 Å². The highest BCUT2D eigenvalue weighted by Gasteiger charge is 2.25. The highest BCUT2D eigenvalue weighted by atomic mass is 19.1. The molecule has 0 bridgehead atoms. The lowest BCUT2D eigenvalue weighted by atomic mass is 9.79. The summed E-state index contributed by atoms with van der Waals surface area (Å²) in [5, 5.41) is 3.38. The maximum absolute atomic E-state index is 13.3. The molecular weight excluding hydrogens is 257 g/mol. The molecule has 0 saturated heterocycles. The third-order valence-corrected chi connectivity index (χ3v) is 4.34. The maximum Gasteiger partial charge on any atom is 0.340 e. The summed E-state index contributed by atoms with van der Waals surface area (Å²) in [6.45, 7) is 4.53. The predicted octanol–water partition coefficient (Wildman–Crippen LogP) is 3.85. The second-order valence-corrected chi connectivity index (χ2v) is 5.79. The van der Waals surface area contributed by atoms with Crippen LogP contribution in [0.5, 0.6) is 0 Å². The van der Waals surface area contributed by atoms with Gasteiger partial charge in [0, 0.05) is 11.7 Å². The van der Waals surface area contributed by atoms with Crippen LogP contribution in [0.4, 0.5) is 10.1 Å². The van der Waals surface area contributed by atoms with Crippen LogP contribution in [0.15, 0.2) is 18.2 Å². The van der Waals surface area contributed by atoms with Crippen molar-refractivity contribution < 1.29 is 13.9 Å². The van der Waals surface area contributed by atoms with Crippen LogP contribution in [0.25, 0.3) is 0 Å². The summed E-state index contributed by atoms with van der Waals surface area (Å²) in [5.74, 6) is 0.454. The number of carbonyl (C=O) groups excluding carboxylic acids is 1. The van der Waals surface area contributed by atoms with E-state index in [0.29, 0.717) is 17.6 Å². The topological polar surface area (TPSA) is 38.3 Å². The third kappa shape index (κ3) is 3.30. The Morgan fingerprint density at radius 2 is 2.05 bits per heavy atom. The van der Waals surface area contributed by atoms with E-state index in [1.54, 1.807) is 6.07 Å². The van der Waals surface area contributed by atoms with Gasteiger partial charge in [0.05, 0.1) is 12.7 Å². The van der Waals surface area contributed by atoms with Crippen molar-refractivity contribution in [3.8, 4) is 0 Å². The van der Waals surface area contributed by atoms with Crippen molar-refractivity contribution in [2.45, 2.75) is 39.2 Å². The number of hydrogen-bond donors (Lipinski definition) is 1. The fraction of sp³-hybridized carbons (Fsp3) is 0.562. The molecule has 2 rings (SSSR count). The van der Waals surface area contributed by atoms with Crippen LogP contribution in [-0.4, -0.2) is 19.1 Å². The van der Waals surface area contributed by atoms with Crippen LogP contribution in [0.2, 0.25) is 0 Å². The number of esters is 1. The highest BCUT2D eigenvalue weighted by molar-refractivity contribution is 5.95. The first-order valence-corrected chi connectivity index (χ1v) is 7.15. The van der Waals surface area contributed by atoms with Gasteiger partial charge in [-0.1, -0.05) is 13.8 Å². The Morgan fingerprint density at radius 3 is 2.70 bits per heavy atom. The molecule has 0 spiro atoms. The molecule has 3 atom stereocenters. The van der Waals surface area contributed by atoms with Gasteiger partial charge in [-0.15, -0.1) is 0 Å². The van der Waals surface area contributed by atoms with Crippen molar-refractivity contribution in [3.63, 3.8) is 0 Å². The lowest BCUT2D eigenvalue weighted by Crippen LogP contribution is -2.31. The molecule has 1 aliphatic carbocycles. The molecule has 3 unspecified atom stereocenters. The predicted molar refractivity (Wildman–Crippen MR) is 77.3 cm³/mol. The number of methoxy groups -OCH3 is 1. The van der Waals surface area contributed by atoms with Crippen molar-refractivity contribution in [2.75, 3.05) is 12.4 Å². The van der Waals surface area contributed by atoms with Gasteiger partial charge in [-0.2, -0.15) is 0 Å². The number of anilines is 1. The number of ether oxygens (including phenoxy) is 1. The number of nitrogens with one attached hydrogen (secondary N) is 1. The van der Waals surface area contributed by atoms with Gasteiger partial charge >= 0.3 is 5.97 Å². The Bertz CT molecular complexity index is 489. The highest BCUT2D eigenvalue weighted by Crippen LogP contribution is 2.31. The summed E-state index contributed by atoms with van der Waals surface area (Å²) in [7, 11) is 1.31. The quantitative estimate of drug-likeness (QED) is 0.854. The number of benzene rings is 1. The van der Waals surface area contributed by atoms with Crippen molar-refractivity contribution >= 4 is 11.7 Å². The summed E-state index contributed by atoms with van der Waals surface area (Å²) in [6.07, 6.45) is 3.32. The van der Waals surface area contributed by atoms with Crippen LogP contribution in [0.3, 0.4) is 0 Å². The first kappa shape index (κ1) is 14.8. The van der Waals surface area contributed by atoms with E-state index in [4.69, 9.17) is 4.74 Å². The monoisotopic (exact) mass is 279 g/mol. The normalized spacial score (nSPS) is 26.1. The molecule has 1 N–H and O–H groups in total. The van der Waals surface area contributed by atoms with Crippen LogP contribution in [0, 0.1) is 17.7 Å². The SMILES string of the molecule is COC(=O)c1cc(F)ccc1NC1CCC(C)C(C)C1. The molecule has 0 amide bonds. The summed E-state index contributed by atoms with van der Waals surface area (Å²) in [5.41, 5.74) is 0.920. The molecule has 1 aliphatic rings. The Morgan fingerprint density at radius 1 is 1.30 bits per heavy atom. The lowest BCUT2D eigenvalue weighted by molar-refractivity contribution is 0.0601. The number of rotatable bonds is 3. The minimum absolute atomic E-state index is 0.263. The van der Waals surface area contributed by atoms with Crippen molar-refractivity contribution in [3.05, 3.63) is 29.6 Å². The number of hydrogen-bond acceptors (Lipinski definition) is 3. The first-order valence-electron chi connectivity index (χ1n) is 7.15. The second-order valence-electron chi connectivity index (χ2n) is 5.79. The van der Waals surface area contributed by atoms with Gasteiger partial charge in [0.2, 0.25) is 0 Å². The van der Waals surface area contributed by atoms with Gasteiger partial charge in [-0.05, 0) is 49.3 Å². The van der Waals surface area contributed by atoms with Crippen molar-refractivity contribution in [1.29, 1.82) is 0 Å².